The van der Waals surface area contributed by atoms with Crippen molar-refractivity contribution in [2.24, 2.45) is 0 Å². The molecule has 18 heavy (non-hydrogen) atoms. The summed E-state index contributed by atoms with van der Waals surface area (Å²) in [6.07, 6.45) is 1.18. The van der Waals surface area contributed by atoms with Crippen LogP contribution in [0.3, 0.4) is 0 Å². The number of rotatable bonds is 4. The van der Waals surface area contributed by atoms with E-state index in [4.69, 9.17) is 11.6 Å². The van der Waals surface area contributed by atoms with Crippen molar-refractivity contribution in [1.82, 2.24) is 10.2 Å². The van der Waals surface area contributed by atoms with E-state index in [0.717, 1.165) is 5.57 Å². The van der Waals surface area contributed by atoms with Crippen LogP contribution in [0, 0.1) is 0 Å². The molecule has 2 atom stereocenters. The molecule has 5 heteroatoms. The molecule has 1 aliphatic rings. The largest absolute Gasteiger partial charge is 0.340 e. The summed E-state index contributed by atoms with van der Waals surface area (Å²) >= 11 is 5.65. The molecule has 0 aromatic rings. The van der Waals surface area contributed by atoms with Gasteiger partial charge in [0.2, 0.25) is 11.8 Å². The molecule has 0 aromatic carbocycles. The van der Waals surface area contributed by atoms with Crippen LogP contribution in [0.5, 0.6) is 0 Å². The zero-order chi connectivity index (χ0) is 13.9. The Hall–Kier alpha value is -1.03. The van der Waals surface area contributed by atoms with E-state index in [0.29, 0.717) is 19.4 Å². The van der Waals surface area contributed by atoms with Gasteiger partial charge in [-0.25, -0.2) is 0 Å². The molecule has 1 aliphatic heterocycles. The number of piperazine rings is 1. The lowest BCUT2D eigenvalue weighted by Gasteiger charge is -2.44. The van der Waals surface area contributed by atoms with Gasteiger partial charge in [-0.2, -0.15) is 0 Å². The fourth-order valence-corrected chi connectivity index (χ4v) is 2.21. The number of hydrogen-bond acceptors (Lipinski definition) is 2. The highest BCUT2D eigenvalue weighted by molar-refractivity contribution is 6.25. The standard InChI is InChI=1S/C13H21ClN2O2/c1-5-10-11(17)15-13(4,6-2)12(18)16(10)8-9(3)7-14/h7,10H,5-6,8H2,1-4H3,(H,15,17). The van der Waals surface area contributed by atoms with Crippen LogP contribution in [0.15, 0.2) is 11.1 Å². The zero-order valence-corrected chi connectivity index (χ0v) is 12.2. The Balaban J connectivity index is 3.06. The average Bonchev–Trinajstić information content (AvgIpc) is 2.35. The number of nitrogens with one attached hydrogen (secondary N) is 1. The maximum atomic E-state index is 12.5. The van der Waals surface area contributed by atoms with Crippen molar-refractivity contribution in [3.8, 4) is 0 Å². The van der Waals surface area contributed by atoms with Crippen LogP contribution < -0.4 is 5.32 Å². The van der Waals surface area contributed by atoms with Crippen molar-refractivity contribution in [1.29, 1.82) is 0 Å². The SMILES string of the molecule is CCC1C(=O)NC(C)(CC)C(=O)N1CC(C)=CCl. The van der Waals surface area contributed by atoms with Gasteiger partial charge in [0, 0.05) is 12.1 Å². The van der Waals surface area contributed by atoms with Gasteiger partial charge in [0.25, 0.3) is 0 Å². The summed E-state index contributed by atoms with van der Waals surface area (Å²) in [5, 5.41) is 2.83. The third-order valence-electron chi connectivity index (χ3n) is 3.51. The molecule has 102 valence electrons. The number of amides is 2. The summed E-state index contributed by atoms with van der Waals surface area (Å²) in [6, 6.07) is -0.399. The fraction of sp³-hybridized carbons (Fsp3) is 0.692. The molecule has 1 saturated heterocycles. The first-order chi connectivity index (χ1) is 8.39. The average molecular weight is 273 g/mol. The maximum absolute atomic E-state index is 12.5. The van der Waals surface area contributed by atoms with Crippen LogP contribution in [0.1, 0.15) is 40.5 Å². The van der Waals surface area contributed by atoms with E-state index in [1.807, 2.05) is 20.8 Å². The molecular formula is C13H21ClN2O2. The minimum absolute atomic E-state index is 0.0330. The van der Waals surface area contributed by atoms with Gasteiger partial charge in [0.05, 0.1) is 0 Å². The second-order valence-electron chi connectivity index (χ2n) is 4.99. The highest BCUT2D eigenvalue weighted by Crippen LogP contribution is 2.23. The minimum Gasteiger partial charge on any atom is -0.340 e. The molecule has 0 aliphatic carbocycles. The minimum atomic E-state index is -0.796. The Morgan fingerprint density at radius 2 is 2.11 bits per heavy atom. The second-order valence-corrected chi connectivity index (χ2v) is 5.21. The van der Waals surface area contributed by atoms with Crippen LogP contribution in [0.25, 0.3) is 0 Å². The fourth-order valence-electron chi connectivity index (χ4n) is 2.14. The number of hydrogen-bond donors (Lipinski definition) is 1. The lowest BCUT2D eigenvalue weighted by atomic mass is 9.91. The lowest BCUT2D eigenvalue weighted by Crippen LogP contribution is -2.69. The Morgan fingerprint density at radius 3 is 2.56 bits per heavy atom. The Labute approximate surface area is 113 Å². The van der Waals surface area contributed by atoms with Gasteiger partial charge in [0.1, 0.15) is 11.6 Å². The third kappa shape index (κ3) is 2.69. The number of carbonyl (C=O) groups excluding carboxylic acids is 2. The molecule has 2 unspecified atom stereocenters. The van der Waals surface area contributed by atoms with Gasteiger partial charge in [-0.1, -0.05) is 25.4 Å². The molecule has 1 rings (SSSR count). The van der Waals surface area contributed by atoms with Crippen molar-refractivity contribution in [3.05, 3.63) is 11.1 Å². The van der Waals surface area contributed by atoms with Gasteiger partial charge in [-0.3, -0.25) is 9.59 Å². The molecule has 0 spiro atoms. The molecule has 1 fully saturated rings. The van der Waals surface area contributed by atoms with E-state index >= 15 is 0 Å². The van der Waals surface area contributed by atoms with E-state index in [1.165, 1.54) is 5.54 Å². The second kappa shape index (κ2) is 5.74. The summed E-state index contributed by atoms with van der Waals surface area (Å²) < 4.78 is 0. The molecule has 1 N–H and O–H groups in total. The highest BCUT2D eigenvalue weighted by atomic mass is 35.5. The Kier molecular flexibility index (Phi) is 4.79. The van der Waals surface area contributed by atoms with Gasteiger partial charge in [0.15, 0.2) is 0 Å². The van der Waals surface area contributed by atoms with Crippen molar-refractivity contribution in [2.45, 2.75) is 52.1 Å². The monoisotopic (exact) mass is 272 g/mol. The molecule has 0 saturated carbocycles. The highest BCUT2D eigenvalue weighted by Gasteiger charge is 2.46. The van der Waals surface area contributed by atoms with Gasteiger partial charge >= 0.3 is 0 Å². The molecule has 0 bridgehead atoms. The van der Waals surface area contributed by atoms with E-state index < -0.39 is 11.6 Å². The van der Waals surface area contributed by atoms with Gasteiger partial charge < -0.3 is 10.2 Å². The van der Waals surface area contributed by atoms with E-state index in [1.54, 1.807) is 11.8 Å². The van der Waals surface area contributed by atoms with Crippen molar-refractivity contribution >= 4 is 23.4 Å². The smallest absolute Gasteiger partial charge is 0.248 e. The third-order valence-corrected chi connectivity index (χ3v) is 3.88. The normalized spacial score (nSPS) is 29.5. The summed E-state index contributed by atoms with van der Waals surface area (Å²) in [5.41, 5.74) is 1.53. The van der Waals surface area contributed by atoms with Crippen molar-refractivity contribution < 1.29 is 9.59 Å². The summed E-state index contributed by atoms with van der Waals surface area (Å²) in [7, 11) is 0. The van der Waals surface area contributed by atoms with Gasteiger partial charge in [-0.05, 0) is 32.3 Å². The predicted molar refractivity (Wildman–Crippen MR) is 72.2 cm³/mol. The van der Waals surface area contributed by atoms with Crippen LogP contribution in [-0.4, -0.2) is 34.8 Å². The van der Waals surface area contributed by atoms with Crippen LogP contribution >= 0.6 is 11.6 Å². The van der Waals surface area contributed by atoms with Crippen molar-refractivity contribution in [2.75, 3.05) is 6.54 Å². The van der Waals surface area contributed by atoms with E-state index in [-0.39, 0.29) is 11.8 Å². The molecule has 0 radical (unpaired) electrons. The van der Waals surface area contributed by atoms with Crippen LogP contribution in [0.4, 0.5) is 0 Å². The predicted octanol–water partition coefficient (Wildman–Crippen LogP) is 2.03. The number of nitrogens with zero attached hydrogens (tertiary/aromatic N) is 1. The van der Waals surface area contributed by atoms with Gasteiger partial charge in [-0.15, -0.1) is 0 Å². The Morgan fingerprint density at radius 1 is 1.50 bits per heavy atom. The molecule has 0 aromatic heterocycles. The molecule has 4 nitrogen and oxygen atoms in total. The van der Waals surface area contributed by atoms with Crippen LogP contribution in [0.2, 0.25) is 0 Å². The summed E-state index contributed by atoms with van der Waals surface area (Å²) in [4.78, 5) is 26.2. The summed E-state index contributed by atoms with van der Waals surface area (Å²) in [5.74, 6) is -0.113. The quantitative estimate of drug-likeness (QED) is 0.851. The van der Waals surface area contributed by atoms with E-state index in [2.05, 4.69) is 5.32 Å². The van der Waals surface area contributed by atoms with E-state index in [9.17, 15) is 9.59 Å². The van der Waals surface area contributed by atoms with Crippen LogP contribution in [-0.2, 0) is 9.59 Å². The topological polar surface area (TPSA) is 49.4 Å². The first kappa shape index (κ1) is 15.0. The lowest BCUT2D eigenvalue weighted by molar-refractivity contribution is -0.154. The Bertz CT molecular complexity index is 381. The first-order valence-electron chi connectivity index (χ1n) is 6.28. The molecule has 2 amide bonds. The molecule has 1 heterocycles. The number of halogens is 1. The maximum Gasteiger partial charge on any atom is 0.248 e. The number of carbonyl (C=O) groups is 2. The summed E-state index contributed by atoms with van der Waals surface area (Å²) in [6.45, 7) is 7.82. The molecular weight excluding hydrogens is 252 g/mol. The zero-order valence-electron chi connectivity index (χ0n) is 11.4. The van der Waals surface area contributed by atoms with Crippen molar-refractivity contribution in [3.63, 3.8) is 0 Å². The first-order valence-corrected chi connectivity index (χ1v) is 6.72.